The standard InChI is InChI=1S/C25H44O5/c1-3-30-25(29,24(27)28)17-8-4-5-14-22-21(15-16-23(22)26)13-9-10-19(2)18-20-11-6-7-12-20/h9,13,19-23,26,29H,3-8,10-12,14-18H2,1-2H3,(H,27,28)/t19?,21-,22+,23-,25?/m0/s1. The van der Waals surface area contributed by atoms with E-state index in [-0.39, 0.29) is 19.1 Å². The molecule has 2 rings (SSSR count). The molecule has 0 aromatic rings. The summed E-state index contributed by atoms with van der Waals surface area (Å²) >= 11 is 0. The summed E-state index contributed by atoms with van der Waals surface area (Å²) in [5.41, 5.74) is 0. The van der Waals surface area contributed by atoms with E-state index in [9.17, 15) is 15.0 Å². The van der Waals surface area contributed by atoms with Crippen molar-refractivity contribution < 1.29 is 24.9 Å². The van der Waals surface area contributed by atoms with E-state index in [0.717, 1.165) is 50.4 Å². The minimum atomic E-state index is -2.07. The van der Waals surface area contributed by atoms with Crippen LogP contribution < -0.4 is 0 Å². The van der Waals surface area contributed by atoms with Crippen molar-refractivity contribution in [3.8, 4) is 0 Å². The van der Waals surface area contributed by atoms with E-state index >= 15 is 0 Å². The average Bonchev–Trinajstić information content (AvgIpc) is 3.32. The van der Waals surface area contributed by atoms with E-state index in [2.05, 4.69) is 19.1 Å². The lowest BCUT2D eigenvalue weighted by Crippen LogP contribution is -2.41. The van der Waals surface area contributed by atoms with Crippen molar-refractivity contribution in [2.24, 2.45) is 23.7 Å². The van der Waals surface area contributed by atoms with Gasteiger partial charge in [0, 0.05) is 13.0 Å². The van der Waals surface area contributed by atoms with Crippen molar-refractivity contribution in [1.82, 2.24) is 0 Å². The van der Waals surface area contributed by atoms with Crippen LogP contribution in [-0.4, -0.2) is 39.8 Å². The lowest BCUT2D eigenvalue weighted by Gasteiger charge is -2.23. The number of hydrogen-bond donors (Lipinski definition) is 3. The summed E-state index contributed by atoms with van der Waals surface area (Å²) in [5, 5.41) is 29.6. The zero-order valence-corrected chi connectivity index (χ0v) is 19.1. The van der Waals surface area contributed by atoms with Crippen LogP contribution in [0.5, 0.6) is 0 Å². The summed E-state index contributed by atoms with van der Waals surface area (Å²) in [7, 11) is 0. The molecule has 2 aliphatic rings. The highest BCUT2D eigenvalue weighted by molar-refractivity contribution is 5.75. The van der Waals surface area contributed by atoms with Gasteiger partial charge in [0.25, 0.3) is 5.79 Å². The topological polar surface area (TPSA) is 87.0 Å². The van der Waals surface area contributed by atoms with Gasteiger partial charge in [-0.1, -0.05) is 57.6 Å². The first-order chi connectivity index (χ1) is 14.4. The zero-order chi connectivity index (χ0) is 22.0. The number of aliphatic hydroxyl groups excluding tert-OH is 1. The van der Waals surface area contributed by atoms with Crippen LogP contribution in [0.4, 0.5) is 0 Å². The number of carboxylic acids is 1. The number of unbranched alkanes of at least 4 members (excludes halogenated alkanes) is 2. The highest BCUT2D eigenvalue weighted by Gasteiger charge is 2.36. The molecule has 174 valence electrons. The van der Waals surface area contributed by atoms with Gasteiger partial charge >= 0.3 is 5.97 Å². The summed E-state index contributed by atoms with van der Waals surface area (Å²) in [6.07, 6.45) is 18.0. The Hall–Kier alpha value is -0.910. The molecule has 2 unspecified atom stereocenters. The third-order valence-corrected chi connectivity index (χ3v) is 7.24. The number of aliphatic hydroxyl groups is 2. The normalized spacial score (nSPS) is 28.2. The van der Waals surface area contributed by atoms with E-state index in [4.69, 9.17) is 9.84 Å². The Morgan fingerprint density at radius 2 is 1.90 bits per heavy atom. The molecule has 0 amide bonds. The van der Waals surface area contributed by atoms with Gasteiger partial charge in [0.2, 0.25) is 0 Å². The van der Waals surface area contributed by atoms with E-state index < -0.39 is 11.8 Å². The first kappa shape index (κ1) is 25.4. The molecule has 2 saturated carbocycles. The van der Waals surface area contributed by atoms with Crippen molar-refractivity contribution in [3.05, 3.63) is 12.2 Å². The Balaban J connectivity index is 1.68. The Labute approximate surface area is 182 Å². The Morgan fingerprint density at radius 3 is 2.57 bits per heavy atom. The smallest absolute Gasteiger partial charge is 0.364 e. The molecule has 0 bridgehead atoms. The third kappa shape index (κ3) is 7.97. The third-order valence-electron chi connectivity index (χ3n) is 7.24. The van der Waals surface area contributed by atoms with Gasteiger partial charge in [-0.15, -0.1) is 0 Å². The Kier molecular flexibility index (Phi) is 10.8. The summed E-state index contributed by atoms with van der Waals surface area (Å²) in [6, 6.07) is 0. The molecule has 0 aromatic heterocycles. The molecule has 30 heavy (non-hydrogen) atoms. The fraction of sp³-hybridized carbons (Fsp3) is 0.880. The second kappa shape index (κ2) is 12.8. The Bertz CT molecular complexity index is 528. The fourth-order valence-corrected chi connectivity index (χ4v) is 5.52. The van der Waals surface area contributed by atoms with Crippen LogP contribution >= 0.6 is 0 Å². The van der Waals surface area contributed by atoms with Gasteiger partial charge in [0.1, 0.15) is 0 Å². The van der Waals surface area contributed by atoms with Crippen molar-refractivity contribution in [2.45, 2.75) is 109 Å². The number of allylic oxidation sites excluding steroid dienone is 2. The molecule has 2 aliphatic carbocycles. The van der Waals surface area contributed by atoms with Gasteiger partial charge in [0.15, 0.2) is 0 Å². The van der Waals surface area contributed by atoms with Crippen LogP contribution in [0.15, 0.2) is 12.2 Å². The van der Waals surface area contributed by atoms with Crippen LogP contribution in [0.25, 0.3) is 0 Å². The lowest BCUT2D eigenvalue weighted by atomic mass is 9.87. The van der Waals surface area contributed by atoms with Crippen LogP contribution in [0.1, 0.15) is 97.3 Å². The maximum atomic E-state index is 11.2. The number of hydrogen-bond acceptors (Lipinski definition) is 4. The monoisotopic (exact) mass is 424 g/mol. The molecular formula is C25H44O5. The zero-order valence-electron chi connectivity index (χ0n) is 19.1. The summed E-state index contributed by atoms with van der Waals surface area (Å²) in [6.45, 7) is 4.22. The predicted molar refractivity (Wildman–Crippen MR) is 119 cm³/mol. The van der Waals surface area contributed by atoms with Crippen LogP contribution in [0, 0.1) is 23.7 Å². The van der Waals surface area contributed by atoms with Gasteiger partial charge < -0.3 is 20.1 Å². The summed E-state index contributed by atoms with van der Waals surface area (Å²) < 4.78 is 5.02. The molecule has 0 aromatic carbocycles. The number of rotatable bonds is 14. The molecule has 0 radical (unpaired) electrons. The molecule has 5 atom stereocenters. The number of aliphatic carboxylic acids is 1. The second-order valence-corrected chi connectivity index (χ2v) is 9.75. The minimum Gasteiger partial charge on any atom is -0.477 e. The van der Waals surface area contributed by atoms with E-state index in [0.29, 0.717) is 18.3 Å². The fourth-order valence-electron chi connectivity index (χ4n) is 5.52. The summed E-state index contributed by atoms with van der Waals surface area (Å²) in [4.78, 5) is 11.2. The molecule has 5 heteroatoms. The summed E-state index contributed by atoms with van der Waals surface area (Å²) in [5.74, 6) is -0.941. The first-order valence-electron chi connectivity index (χ1n) is 12.3. The number of carboxylic acid groups (broad SMARTS) is 1. The number of carbonyl (C=O) groups is 1. The molecule has 0 saturated heterocycles. The highest BCUT2D eigenvalue weighted by Crippen LogP contribution is 2.37. The van der Waals surface area contributed by atoms with Gasteiger partial charge in [-0.3, -0.25) is 0 Å². The molecule has 0 aliphatic heterocycles. The molecule has 0 spiro atoms. The van der Waals surface area contributed by atoms with Crippen molar-refractivity contribution in [1.29, 1.82) is 0 Å². The van der Waals surface area contributed by atoms with Crippen molar-refractivity contribution in [3.63, 3.8) is 0 Å². The van der Waals surface area contributed by atoms with E-state index in [1.54, 1.807) is 6.92 Å². The molecular weight excluding hydrogens is 380 g/mol. The quantitative estimate of drug-likeness (QED) is 0.200. The van der Waals surface area contributed by atoms with E-state index in [1.165, 1.54) is 32.1 Å². The van der Waals surface area contributed by atoms with Gasteiger partial charge in [-0.25, -0.2) is 4.79 Å². The largest absolute Gasteiger partial charge is 0.477 e. The maximum Gasteiger partial charge on any atom is 0.364 e. The number of ether oxygens (including phenoxy) is 1. The molecule has 2 fully saturated rings. The van der Waals surface area contributed by atoms with Crippen LogP contribution in [-0.2, 0) is 9.53 Å². The molecule has 0 heterocycles. The first-order valence-corrected chi connectivity index (χ1v) is 12.3. The van der Waals surface area contributed by atoms with E-state index in [1.807, 2.05) is 0 Å². The highest BCUT2D eigenvalue weighted by atomic mass is 16.6. The Morgan fingerprint density at radius 1 is 1.17 bits per heavy atom. The SMILES string of the molecule is CCOC(O)(CCCCC[C@H]1[C@@H](O)CC[C@@H]1C=CCC(C)CC1CCCC1)C(=O)O. The predicted octanol–water partition coefficient (Wildman–Crippen LogP) is 5.30. The van der Waals surface area contributed by atoms with Gasteiger partial charge in [0.05, 0.1) is 6.10 Å². The van der Waals surface area contributed by atoms with Crippen LogP contribution in [0.2, 0.25) is 0 Å². The molecule has 5 nitrogen and oxygen atoms in total. The lowest BCUT2D eigenvalue weighted by molar-refractivity contribution is -0.224. The van der Waals surface area contributed by atoms with Gasteiger partial charge in [-0.05, 0) is 69.1 Å². The van der Waals surface area contributed by atoms with Gasteiger partial charge in [-0.2, -0.15) is 0 Å². The molecule has 3 N–H and O–H groups in total. The second-order valence-electron chi connectivity index (χ2n) is 9.75. The van der Waals surface area contributed by atoms with Crippen molar-refractivity contribution in [2.75, 3.05) is 6.61 Å². The minimum absolute atomic E-state index is 0.103. The maximum absolute atomic E-state index is 11.2. The van der Waals surface area contributed by atoms with Crippen LogP contribution in [0.3, 0.4) is 0 Å². The average molecular weight is 425 g/mol. The van der Waals surface area contributed by atoms with Crippen molar-refractivity contribution >= 4 is 5.97 Å².